The van der Waals surface area contributed by atoms with Crippen molar-refractivity contribution in [1.82, 2.24) is 14.5 Å². The lowest BCUT2D eigenvalue weighted by atomic mass is 9.84. The summed E-state index contributed by atoms with van der Waals surface area (Å²) in [4.78, 5) is 35.1. The van der Waals surface area contributed by atoms with E-state index in [0.29, 0.717) is 33.4 Å². The van der Waals surface area contributed by atoms with Crippen LogP contribution in [0.5, 0.6) is 0 Å². The first-order chi connectivity index (χ1) is 14.0. The molecule has 29 heavy (non-hydrogen) atoms. The quantitative estimate of drug-likeness (QED) is 0.620. The maximum Gasteiger partial charge on any atom is 0.261 e. The molecule has 8 heteroatoms. The predicted octanol–water partition coefficient (Wildman–Crippen LogP) is 4.97. The Kier molecular flexibility index (Phi) is 5.96. The van der Waals surface area contributed by atoms with Gasteiger partial charge >= 0.3 is 0 Å². The highest BCUT2D eigenvalue weighted by molar-refractivity contribution is 7.13. The first-order valence-electron chi connectivity index (χ1n) is 9.90. The van der Waals surface area contributed by atoms with Crippen molar-refractivity contribution in [3.8, 4) is 0 Å². The molecule has 0 saturated heterocycles. The second-order valence-corrected chi connectivity index (χ2v) is 8.99. The van der Waals surface area contributed by atoms with Crippen LogP contribution >= 0.6 is 22.9 Å². The lowest BCUT2D eigenvalue weighted by Crippen LogP contribution is -2.35. The molecule has 4 rings (SSSR count). The van der Waals surface area contributed by atoms with E-state index in [0.717, 1.165) is 18.4 Å². The van der Waals surface area contributed by atoms with E-state index in [1.165, 1.54) is 41.5 Å². The van der Waals surface area contributed by atoms with Crippen LogP contribution in [-0.2, 0) is 4.79 Å². The fraction of sp³-hybridized carbons (Fsp3) is 0.429. The van der Waals surface area contributed by atoms with Gasteiger partial charge in [-0.3, -0.25) is 14.2 Å². The van der Waals surface area contributed by atoms with E-state index in [9.17, 15) is 9.59 Å². The van der Waals surface area contributed by atoms with E-state index in [4.69, 9.17) is 11.6 Å². The Labute approximate surface area is 177 Å². The number of rotatable bonds is 5. The second kappa shape index (κ2) is 8.63. The number of nitrogens with one attached hydrogen (secondary N) is 1. The molecule has 1 unspecified atom stereocenters. The first kappa shape index (κ1) is 20.0. The van der Waals surface area contributed by atoms with Gasteiger partial charge in [0.15, 0.2) is 5.13 Å². The van der Waals surface area contributed by atoms with Crippen molar-refractivity contribution < 1.29 is 4.79 Å². The number of hydrogen-bond donors (Lipinski definition) is 1. The number of aryl methyl sites for hydroxylation is 1. The average molecular weight is 431 g/mol. The summed E-state index contributed by atoms with van der Waals surface area (Å²) in [5.74, 6) is 0.187. The minimum absolute atomic E-state index is 0.229. The monoisotopic (exact) mass is 430 g/mol. The summed E-state index contributed by atoms with van der Waals surface area (Å²) in [5, 5.41) is 6.13. The summed E-state index contributed by atoms with van der Waals surface area (Å²) < 4.78 is 1.47. The summed E-state index contributed by atoms with van der Waals surface area (Å²) in [5.41, 5.74) is 1.22. The van der Waals surface area contributed by atoms with Gasteiger partial charge in [0, 0.05) is 16.6 Å². The molecular formula is C21H23ClN4O2S. The summed E-state index contributed by atoms with van der Waals surface area (Å²) in [6, 6.07) is 2.78. The molecule has 1 atom stereocenters. The maximum absolute atomic E-state index is 13.3. The van der Waals surface area contributed by atoms with Gasteiger partial charge in [-0.25, -0.2) is 9.97 Å². The van der Waals surface area contributed by atoms with Gasteiger partial charge in [0.05, 0.1) is 17.2 Å². The number of hydrogen-bond acceptors (Lipinski definition) is 5. The van der Waals surface area contributed by atoms with Crippen molar-refractivity contribution in [3.63, 3.8) is 0 Å². The van der Waals surface area contributed by atoms with Gasteiger partial charge in [0.25, 0.3) is 5.56 Å². The molecule has 1 fully saturated rings. The number of halogens is 1. The molecule has 0 spiro atoms. The zero-order valence-corrected chi connectivity index (χ0v) is 17.8. The molecule has 6 nitrogen and oxygen atoms in total. The Hall–Kier alpha value is -2.25. The van der Waals surface area contributed by atoms with Gasteiger partial charge in [0.2, 0.25) is 5.91 Å². The number of nitrogens with zero attached hydrogens (tertiary/aromatic N) is 3. The van der Waals surface area contributed by atoms with Crippen LogP contribution in [0, 0.1) is 12.8 Å². The fourth-order valence-electron chi connectivity index (χ4n) is 4.16. The first-order valence-corrected chi connectivity index (χ1v) is 11.2. The van der Waals surface area contributed by atoms with Crippen LogP contribution in [0.3, 0.4) is 0 Å². The van der Waals surface area contributed by atoms with Crippen molar-refractivity contribution in [2.75, 3.05) is 5.32 Å². The molecule has 1 saturated carbocycles. The molecule has 152 valence electrons. The number of thiazole rings is 1. The van der Waals surface area contributed by atoms with Crippen LogP contribution in [0.4, 0.5) is 5.13 Å². The number of amides is 1. The maximum atomic E-state index is 13.3. The third kappa shape index (κ3) is 4.36. The molecule has 1 N–H and O–H groups in total. The standard InChI is InChI=1S/C21H23ClN4O2S/c1-13-9-15(22)11-16-18(13)24-12-26(20(16)28)17(10-14-5-3-2-4-6-14)19(27)25-21-23-7-8-29-21/h7-9,11-12,14,17H,2-6,10H2,1H3,(H,23,25,27). The molecule has 1 amide bonds. The molecule has 1 aliphatic rings. The van der Waals surface area contributed by atoms with E-state index in [1.54, 1.807) is 23.7 Å². The number of carbonyl (C=O) groups excluding carboxylic acids is 1. The number of fused-ring (bicyclic) bond motifs is 1. The molecule has 2 aromatic heterocycles. The van der Waals surface area contributed by atoms with Crippen molar-refractivity contribution in [3.05, 3.63) is 51.0 Å². The molecule has 0 radical (unpaired) electrons. The largest absolute Gasteiger partial charge is 0.300 e. The molecule has 2 heterocycles. The fourth-order valence-corrected chi connectivity index (χ4v) is 4.97. The Balaban J connectivity index is 1.74. The third-order valence-electron chi connectivity index (χ3n) is 5.62. The number of carbonyl (C=O) groups is 1. The molecular weight excluding hydrogens is 408 g/mol. The van der Waals surface area contributed by atoms with Crippen LogP contribution in [-0.4, -0.2) is 20.4 Å². The lowest BCUT2D eigenvalue weighted by Gasteiger charge is -2.27. The topological polar surface area (TPSA) is 76.9 Å². The van der Waals surface area contributed by atoms with Crippen LogP contribution in [0.2, 0.25) is 5.02 Å². The zero-order valence-electron chi connectivity index (χ0n) is 16.2. The van der Waals surface area contributed by atoms with E-state index in [-0.39, 0.29) is 11.5 Å². The van der Waals surface area contributed by atoms with Gasteiger partial charge in [-0.15, -0.1) is 11.3 Å². The van der Waals surface area contributed by atoms with Crippen LogP contribution < -0.4 is 10.9 Å². The van der Waals surface area contributed by atoms with Gasteiger partial charge in [0.1, 0.15) is 6.04 Å². The van der Waals surface area contributed by atoms with Crippen LogP contribution in [0.25, 0.3) is 10.9 Å². The van der Waals surface area contributed by atoms with E-state index < -0.39 is 6.04 Å². The van der Waals surface area contributed by atoms with Crippen molar-refractivity contribution in [1.29, 1.82) is 0 Å². The summed E-state index contributed by atoms with van der Waals surface area (Å²) in [6.45, 7) is 1.87. The highest BCUT2D eigenvalue weighted by Gasteiger charge is 2.28. The number of anilines is 1. The van der Waals surface area contributed by atoms with Crippen molar-refractivity contribution in [2.45, 2.75) is 51.5 Å². The average Bonchev–Trinajstić information content (AvgIpc) is 3.21. The molecule has 1 aliphatic carbocycles. The van der Waals surface area contributed by atoms with Crippen LogP contribution in [0.15, 0.2) is 34.8 Å². The smallest absolute Gasteiger partial charge is 0.261 e. The van der Waals surface area contributed by atoms with Gasteiger partial charge < -0.3 is 5.32 Å². The Morgan fingerprint density at radius 1 is 1.31 bits per heavy atom. The van der Waals surface area contributed by atoms with Crippen molar-refractivity contribution in [2.24, 2.45) is 5.92 Å². The summed E-state index contributed by atoms with van der Waals surface area (Å²) in [6.07, 6.45) is 9.51. The van der Waals surface area contributed by atoms with Crippen molar-refractivity contribution >= 4 is 44.9 Å². The van der Waals surface area contributed by atoms with Crippen LogP contribution in [0.1, 0.15) is 50.1 Å². The molecule has 3 aromatic rings. The second-order valence-electron chi connectivity index (χ2n) is 7.66. The highest BCUT2D eigenvalue weighted by Crippen LogP contribution is 2.31. The SMILES string of the molecule is Cc1cc(Cl)cc2c(=O)n(C(CC3CCCCC3)C(=O)Nc3nccs3)cnc12. The summed E-state index contributed by atoms with van der Waals surface area (Å²) in [7, 11) is 0. The van der Waals surface area contributed by atoms with Gasteiger partial charge in [-0.05, 0) is 37.0 Å². The highest BCUT2D eigenvalue weighted by atomic mass is 35.5. The third-order valence-corrected chi connectivity index (χ3v) is 6.53. The van der Waals surface area contributed by atoms with Gasteiger partial charge in [-0.2, -0.15) is 0 Å². The Bertz CT molecular complexity index is 1070. The van der Waals surface area contributed by atoms with E-state index in [2.05, 4.69) is 15.3 Å². The number of aromatic nitrogens is 3. The Morgan fingerprint density at radius 2 is 2.10 bits per heavy atom. The van der Waals surface area contributed by atoms with Gasteiger partial charge in [-0.1, -0.05) is 43.7 Å². The Morgan fingerprint density at radius 3 is 2.83 bits per heavy atom. The summed E-state index contributed by atoms with van der Waals surface area (Å²) >= 11 is 7.54. The van der Waals surface area contributed by atoms with E-state index >= 15 is 0 Å². The zero-order chi connectivity index (χ0) is 20.4. The molecule has 0 aliphatic heterocycles. The van der Waals surface area contributed by atoms with E-state index in [1.807, 2.05) is 6.92 Å². The normalized spacial score (nSPS) is 16.1. The molecule has 0 bridgehead atoms. The number of benzene rings is 1. The minimum atomic E-state index is -0.634. The lowest BCUT2D eigenvalue weighted by molar-refractivity contribution is -0.120. The minimum Gasteiger partial charge on any atom is -0.300 e. The molecule has 1 aromatic carbocycles. The predicted molar refractivity (Wildman–Crippen MR) is 117 cm³/mol.